The maximum Gasteiger partial charge on any atom is 0.317 e. The minimum atomic E-state index is -0.934. The quantitative estimate of drug-likeness (QED) is 0.116. The van der Waals surface area contributed by atoms with Crippen molar-refractivity contribution in [3.05, 3.63) is 106 Å². The number of benzene rings is 4. The summed E-state index contributed by atoms with van der Waals surface area (Å²) < 4.78 is 7.48. The van der Waals surface area contributed by atoms with E-state index in [9.17, 15) is 9.59 Å². The van der Waals surface area contributed by atoms with E-state index < -0.39 is 5.97 Å². The van der Waals surface area contributed by atoms with Crippen molar-refractivity contribution in [2.75, 3.05) is 20.2 Å². The topological polar surface area (TPSA) is 118 Å². The number of hydrogen-bond donors (Lipinski definition) is 4. The number of rotatable bonds is 13. The third kappa shape index (κ3) is 7.44. The van der Waals surface area contributed by atoms with Gasteiger partial charge >= 0.3 is 5.97 Å². The Morgan fingerprint density at radius 2 is 1.77 bits per heavy atom. The summed E-state index contributed by atoms with van der Waals surface area (Å²) in [5.41, 5.74) is 7.54. The summed E-state index contributed by atoms with van der Waals surface area (Å²) in [6.45, 7) is 2.04. The molecule has 47 heavy (non-hydrogen) atoms. The normalized spacial score (nSPS) is 14.4. The Bertz CT molecular complexity index is 1930. The highest BCUT2D eigenvalue weighted by atomic mass is 35.5. The summed E-state index contributed by atoms with van der Waals surface area (Å²) in [5, 5.41) is 25.1. The van der Waals surface area contributed by atoms with E-state index in [1.165, 1.54) is 0 Å². The van der Waals surface area contributed by atoms with E-state index in [0.29, 0.717) is 35.3 Å². The Hall–Kier alpha value is -4.41. The molecule has 1 saturated heterocycles. The third-order valence-electron chi connectivity index (χ3n) is 8.41. The van der Waals surface area contributed by atoms with Crippen LogP contribution < -0.4 is 20.7 Å². The molecule has 1 aromatic heterocycles. The number of amides is 1. The van der Waals surface area contributed by atoms with Crippen LogP contribution in [-0.2, 0) is 29.2 Å². The minimum absolute atomic E-state index is 0.129. The van der Waals surface area contributed by atoms with E-state index in [4.69, 9.17) is 38.1 Å². The Balaban J connectivity index is 1.21. The number of aliphatic carboxylic acids is 1. The molecule has 0 saturated carbocycles. The van der Waals surface area contributed by atoms with Crippen LogP contribution in [0.15, 0.2) is 79.0 Å². The monoisotopic (exact) mass is 671 g/mol. The number of nitrogens with one attached hydrogen (secondary N) is 3. The lowest BCUT2D eigenvalue weighted by Crippen LogP contribution is -2.35. The summed E-state index contributed by atoms with van der Waals surface area (Å²) in [6.07, 6.45) is 3.33. The molecule has 1 fully saturated rings. The highest BCUT2D eigenvalue weighted by Gasteiger charge is 2.20. The average molecular weight is 673 g/mol. The molecule has 0 unspecified atom stereocenters. The van der Waals surface area contributed by atoms with Crippen molar-refractivity contribution >= 4 is 46.0 Å². The highest BCUT2D eigenvalue weighted by molar-refractivity contribution is 6.36. The van der Waals surface area contributed by atoms with Gasteiger partial charge in [0.05, 0.1) is 36.9 Å². The minimum Gasteiger partial charge on any atom is -0.496 e. The van der Waals surface area contributed by atoms with E-state index in [2.05, 4.69) is 46.3 Å². The van der Waals surface area contributed by atoms with Crippen molar-refractivity contribution in [1.82, 2.24) is 25.7 Å². The van der Waals surface area contributed by atoms with Gasteiger partial charge in [-0.05, 0) is 46.9 Å². The smallest absolute Gasteiger partial charge is 0.317 e. The fraction of sp³-hybridized carbons (Fsp3) is 0.250. The second kappa shape index (κ2) is 14.6. The zero-order valence-electron chi connectivity index (χ0n) is 25.9. The van der Waals surface area contributed by atoms with Gasteiger partial charge < -0.3 is 25.8 Å². The van der Waals surface area contributed by atoms with Gasteiger partial charge in [-0.25, -0.2) is 0 Å². The molecule has 0 bridgehead atoms. The Labute approximate surface area is 282 Å². The zero-order chi connectivity index (χ0) is 32.9. The Morgan fingerprint density at radius 1 is 1.00 bits per heavy atom. The second-order valence-electron chi connectivity index (χ2n) is 11.6. The number of fused-ring (bicyclic) bond motifs is 1. The molecule has 0 radical (unpaired) electrons. The number of aromatic nitrogens is 2. The molecule has 4 N–H and O–H groups in total. The predicted molar refractivity (Wildman–Crippen MR) is 185 cm³/mol. The molecule has 242 valence electrons. The lowest BCUT2D eigenvalue weighted by Gasteiger charge is -2.14. The number of carbonyl (C=O) groups excluding carboxylic acids is 1. The standard InChI is InChI=1S/C36H35Cl2N5O4/c1-47-33-15-25(31(37)14-24(33)17-40-20-35(45)46)21-43-32-7-3-5-28(30(32)19-41-43)29-6-2-4-27(36(29)38)23-10-8-22(9-11-23)16-39-18-26-12-13-34(44)42-26/h2-11,14-15,19,26,39-40H,12-13,16-18,20-21H2,1H3,(H,42,44)(H,45,46)/t26-/m0/s1. The third-order valence-corrected chi connectivity index (χ3v) is 9.17. The van der Waals surface area contributed by atoms with Gasteiger partial charge in [-0.3, -0.25) is 14.3 Å². The Morgan fingerprint density at radius 3 is 2.51 bits per heavy atom. The largest absolute Gasteiger partial charge is 0.496 e. The van der Waals surface area contributed by atoms with Crippen LogP contribution in [0.1, 0.15) is 29.5 Å². The summed E-state index contributed by atoms with van der Waals surface area (Å²) in [6, 6.07) is 24.4. The molecular formula is C36H35Cl2N5O4. The molecule has 1 amide bonds. The van der Waals surface area contributed by atoms with E-state index in [0.717, 1.165) is 69.4 Å². The number of halogens is 2. The van der Waals surface area contributed by atoms with Gasteiger partial charge in [-0.2, -0.15) is 5.10 Å². The van der Waals surface area contributed by atoms with Gasteiger partial charge in [0.15, 0.2) is 0 Å². The molecule has 9 nitrogen and oxygen atoms in total. The first-order chi connectivity index (χ1) is 22.8. The Kier molecular flexibility index (Phi) is 10.1. The van der Waals surface area contributed by atoms with Crippen LogP contribution in [-0.4, -0.2) is 53.0 Å². The summed E-state index contributed by atoms with van der Waals surface area (Å²) in [5.74, 6) is -0.188. The average Bonchev–Trinajstić information content (AvgIpc) is 3.68. The van der Waals surface area contributed by atoms with E-state index in [1.807, 2.05) is 47.3 Å². The molecule has 11 heteroatoms. The van der Waals surface area contributed by atoms with Gasteiger partial charge in [0.1, 0.15) is 5.75 Å². The van der Waals surface area contributed by atoms with Crippen molar-refractivity contribution in [2.24, 2.45) is 0 Å². The fourth-order valence-corrected chi connectivity index (χ4v) is 6.58. The van der Waals surface area contributed by atoms with E-state index >= 15 is 0 Å². The first-order valence-electron chi connectivity index (χ1n) is 15.4. The van der Waals surface area contributed by atoms with Gasteiger partial charge in [-0.1, -0.05) is 77.8 Å². The molecule has 1 atom stereocenters. The maximum atomic E-state index is 11.4. The SMILES string of the molecule is COc1cc(Cn2ncc3c(-c4cccc(-c5ccc(CNC[C@@H]6CCC(=O)N6)cc5)c4Cl)cccc32)c(Cl)cc1CNCC(=O)O. The van der Waals surface area contributed by atoms with Crippen LogP contribution in [0.2, 0.25) is 10.0 Å². The van der Waals surface area contributed by atoms with Crippen molar-refractivity contribution < 1.29 is 19.4 Å². The lowest BCUT2D eigenvalue weighted by atomic mass is 9.96. The highest BCUT2D eigenvalue weighted by Crippen LogP contribution is 2.39. The van der Waals surface area contributed by atoms with Crippen molar-refractivity contribution in [3.63, 3.8) is 0 Å². The molecule has 0 spiro atoms. The summed E-state index contributed by atoms with van der Waals surface area (Å²) >= 11 is 13.8. The molecule has 5 aromatic rings. The molecule has 1 aliphatic rings. The number of ether oxygens (including phenoxy) is 1. The number of hydrogen-bond acceptors (Lipinski definition) is 6. The maximum absolute atomic E-state index is 11.4. The number of nitrogens with zero attached hydrogens (tertiary/aromatic N) is 2. The molecular weight excluding hydrogens is 637 g/mol. The first-order valence-corrected chi connectivity index (χ1v) is 16.2. The number of carboxylic acids is 1. The van der Waals surface area contributed by atoms with Crippen molar-refractivity contribution in [2.45, 2.75) is 38.5 Å². The van der Waals surface area contributed by atoms with Crippen LogP contribution in [0.5, 0.6) is 5.75 Å². The predicted octanol–water partition coefficient (Wildman–Crippen LogP) is 6.28. The van der Waals surface area contributed by atoms with Gasteiger partial charge in [0.25, 0.3) is 0 Å². The molecule has 2 heterocycles. The zero-order valence-corrected chi connectivity index (χ0v) is 27.4. The molecule has 4 aromatic carbocycles. The summed E-state index contributed by atoms with van der Waals surface area (Å²) in [7, 11) is 1.58. The van der Waals surface area contributed by atoms with Gasteiger partial charge in [0.2, 0.25) is 5.91 Å². The molecule has 0 aliphatic carbocycles. The van der Waals surface area contributed by atoms with Crippen LogP contribution in [0.3, 0.4) is 0 Å². The van der Waals surface area contributed by atoms with Crippen LogP contribution >= 0.6 is 23.2 Å². The summed E-state index contributed by atoms with van der Waals surface area (Å²) in [4.78, 5) is 22.3. The van der Waals surface area contributed by atoms with Gasteiger partial charge in [-0.15, -0.1) is 0 Å². The van der Waals surface area contributed by atoms with Crippen molar-refractivity contribution in [1.29, 1.82) is 0 Å². The van der Waals surface area contributed by atoms with Crippen molar-refractivity contribution in [3.8, 4) is 28.0 Å². The van der Waals surface area contributed by atoms with E-state index in [-0.39, 0.29) is 18.5 Å². The molecule has 6 rings (SSSR count). The van der Waals surface area contributed by atoms with Crippen LogP contribution in [0, 0.1) is 0 Å². The second-order valence-corrected chi connectivity index (χ2v) is 12.4. The molecule has 1 aliphatic heterocycles. The number of carboxylic acid groups (broad SMARTS) is 1. The fourth-order valence-electron chi connectivity index (χ4n) is 6.00. The number of methoxy groups -OCH3 is 1. The van der Waals surface area contributed by atoms with Gasteiger partial charge in [0, 0.05) is 59.2 Å². The van der Waals surface area contributed by atoms with E-state index in [1.54, 1.807) is 13.2 Å². The lowest BCUT2D eigenvalue weighted by molar-refractivity contribution is -0.136. The first kappa shape index (κ1) is 32.5. The van der Waals surface area contributed by atoms with Crippen LogP contribution in [0.25, 0.3) is 33.2 Å². The van der Waals surface area contributed by atoms with Crippen LogP contribution in [0.4, 0.5) is 0 Å². The number of carbonyl (C=O) groups is 2.